The molecule has 0 aliphatic rings. The molecule has 192 valence electrons. The molecule has 6 heteroatoms. The van der Waals surface area contributed by atoms with Gasteiger partial charge in [0.2, 0.25) is 0 Å². The summed E-state index contributed by atoms with van der Waals surface area (Å²) in [6.45, 7) is 6.38. The highest BCUT2D eigenvalue weighted by molar-refractivity contribution is 6.22. The molecule has 0 bridgehead atoms. The average Bonchev–Trinajstić information content (AvgIpc) is 3.23. The summed E-state index contributed by atoms with van der Waals surface area (Å²) in [7, 11) is 0. The summed E-state index contributed by atoms with van der Waals surface area (Å²) in [6.07, 6.45) is 3.89. The van der Waals surface area contributed by atoms with Crippen molar-refractivity contribution in [2.45, 2.75) is 52.0 Å². The van der Waals surface area contributed by atoms with Gasteiger partial charge in [0.15, 0.2) is 5.88 Å². The van der Waals surface area contributed by atoms with Crippen molar-refractivity contribution in [3.05, 3.63) is 95.1 Å². The van der Waals surface area contributed by atoms with Crippen LogP contribution in [0, 0.1) is 0 Å². The highest BCUT2D eigenvalue weighted by Gasteiger charge is 2.25. The fourth-order valence-corrected chi connectivity index (χ4v) is 4.93. The van der Waals surface area contributed by atoms with E-state index < -0.39 is 5.97 Å². The minimum Gasteiger partial charge on any atom is -0.494 e. The van der Waals surface area contributed by atoms with E-state index in [-0.39, 0.29) is 11.4 Å². The molecule has 1 heterocycles. The maximum absolute atomic E-state index is 12.2. The van der Waals surface area contributed by atoms with E-state index in [9.17, 15) is 9.90 Å². The molecular formula is C31H35N3O3. The van der Waals surface area contributed by atoms with Gasteiger partial charge in [-0.1, -0.05) is 75.2 Å². The highest BCUT2D eigenvalue weighted by atomic mass is 16.5. The van der Waals surface area contributed by atoms with Crippen molar-refractivity contribution in [1.82, 2.24) is 4.98 Å². The number of esters is 1. The molecule has 0 aliphatic heterocycles. The van der Waals surface area contributed by atoms with Crippen molar-refractivity contribution >= 4 is 28.3 Å². The number of aliphatic imine (C=N–C) groups is 1. The third-order valence-electron chi connectivity index (χ3n) is 6.65. The fourth-order valence-electron chi connectivity index (χ4n) is 4.93. The lowest BCUT2D eigenvalue weighted by molar-refractivity contribution is 0.0526. The van der Waals surface area contributed by atoms with E-state index in [1.165, 1.54) is 0 Å². The van der Waals surface area contributed by atoms with Crippen LogP contribution in [0.3, 0.4) is 0 Å². The topological polar surface area (TPSA) is 101 Å². The zero-order valence-corrected chi connectivity index (χ0v) is 21.8. The number of nitrogens with zero attached hydrogens (tertiary/aromatic N) is 1. The van der Waals surface area contributed by atoms with Gasteiger partial charge in [0.05, 0.1) is 29.1 Å². The Morgan fingerprint density at radius 1 is 0.946 bits per heavy atom. The van der Waals surface area contributed by atoms with Crippen molar-refractivity contribution < 1.29 is 14.6 Å². The molecule has 1 aromatic heterocycles. The summed E-state index contributed by atoms with van der Waals surface area (Å²) in [4.78, 5) is 20.2. The zero-order chi connectivity index (χ0) is 26.4. The van der Waals surface area contributed by atoms with Gasteiger partial charge >= 0.3 is 5.97 Å². The maximum Gasteiger partial charge on any atom is 0.338 e. The summed E-state index contributed by atoms with van der Waals surface area (Å²) in [5, 5.41) is 11.7. The standard InChI is InChI=1S/C31H35N3O3/c1-4-18-31(32,19-5-2)23-13-15-24(16-14-23)33-28(21-10-8-7-9-11-21)27-25-17-12-22(30(36)37-6-3)20-26(25)34-29(27)35/h7-17,20,34-35H,4-6,18-19,32H2,1-3H3. The number of H-pyrrole nitrogens is 1. The van der Waals surface area contributed by atoms with E-state index in [4.69, 9.17) is 15.5 Å². The highest BCUT2D eigenvalue weighted by Crippen LogP contribution is 2.34. The Labute approximate surface area is 218 Å². The second-order valence-electron chi connectivity index (χ2n) is 9.36. The third-order valence-corrected chi connectivity index (χ3v) is 6.65. The molecule has 0 saturated heterocycles. The van der Waals surface area contributed by atoms with E-state index in [0.29, 0.717) is 29.0 Å². The largest absolute Gasteiger partial charge is 0.494 e. The Morgan fingerprint density at radius 3 is 2.24 bits per heavy atom. The molecule has 0 spiro atoms. The quantitative estimate of drug-likeness (QED) is 0.163. The lowest BCUT2D eigenvalue weighted by atomic mass is 9.83. The first-order valence-electron chi connectivity index (χ1n) is 13.0. The van der Waals surface area contributed by atoms with Crippen LogP contribution in [-0.4, -0.2) is 28.4 Å². The number of carbonyl (C=O) groups is 1. The van der Waals surface area contributed by atoms with E-state index in [1.54, 1.807) is 19.1 Å². The fraction of sp³-hybridized carbons (Fsp3) is 0.290. The lowest BCUT2D eigenvalue weighted by Crippen LogP contribution is -2.36. The van der Waals surface area contributed by atoms with Crippen LogP contribution >= 0.6 is 0 Å². The number of aromatic hydroxyl groups is 1. The molecule has 4 aromatic rings. The molecular weight excluding hydrogens is 462 g/mol. The summed E-state index contributed by atoms with van der Waals surface area (Å²) >= 11 is 0. The Kier molecular flexibility index (Phi) is 8.09. The second-order valence-corrected chi connectivity index (χ2v) is 9.36. The van der Waals surface area contributed by atoms with E-state index in [1.807, 2.05) is 48.5 Å². The van der Waals surface area contributed by atoms with Crippen LogP contribution in [0.15, 0.2) is 77.8 Å². The number of carbonyl (C=O) groups excluding carboxylic acids is 1. The number of nitrogens with one attached hydrogen (secondary N) is 1. The van der Waals surface area contributed by atoms with Crippen LogP contribution in [0.1, 0.15) is 73.5 Å². The number of aromatic amines is 1. The van der Waals surface area contributed by atoms with E-state index in [0.717, 1.165) is 47.9 Å². The Hall–Kier alpha value is -3.90. The van der Waals surface area contributed by atoms with Crippen LogP contribution in [0.5, 0.6) is 5.88 Å². The molecule has 0 aliphatic carbocycles. The number of ether oxygens (including phenoxy) is 1. The number of aromatic nitrogens is 1. The second kappa shape index (κ2) is 11.4. The molecule has 0 saturated carbocycles. The molecule has 0 fully saturated rings. The summed E-state index contributed by atoms with van der Waals surface area (Å²) < 4.78 is 5.13. The lowest BCUT2D eigenvalue weighted by Gasteiger charge is -2.29. The van der Waals surface area contributed by atoms with Crippen molar-refractivity contribution in [3.8, 4) is 5.88 Å². The van der Waals surface area contributed by atoms with Gasteiger partial charge in [0.25, 0.3) is 0 Å². The third kappa shape index (κ3) is 5.59. The van der Waals surface area contributed by atoms with Gasteiger partial charge in [-0.15, -0.1) is 0 Å². The first-order valence-corrected chi connectivity index (χ1v) is 13.0. The van der Waals surface area contributed by atoms with Gasteiger partial charge in [-0.05, 0) is 49.6 Å². The minimum absolute atomic E-state index is 0.0119. The summed E-state index contributed by atoms with van der Waals surface area (Å²) in [6, 6.07) is 23.1. The van der Waals surface area contributed by atoms with Gasteiger partial charge < -0.3 is 20.6 Å². The molecule has 0 radical (unpaired) electrons. The Morgan fingerprint density at radius 2 is 1.62 bits per heavy atom. The van der Waals surface area contributed by atoms with Crippen molar-refractivity contribution in [3.63, 3.8) is 0 Å². The van der Waals surface area contributed by atoms with Gasteiger partial charge in [-0.3, -0.25) is 0 Å². The van der Waals surface area contributed by atoms with Crippen LogP contribution in [0.25, 0.3) is 10.9 Å². The van der Waals surface area contributed by atoms with Crippen LogP contribution in [-0.2, 0) is 10.3 Å². The normalized spacial score (nSPS) is 12.2. The molecule has 4 N–H and O–H groups in total. The van der Waals surface area contributed by atoms with Crippen molar-refractivity contribution in [2.24, 2.45) is 10.7 Å². The average molecular weight is 498 g/mol. The van der Waals surface area contributed by atoms with Gasteiger partial charge in [-0.2, -0.15) is 0 Å². The molecule has 37 heavy (non-hydrogen) atoms. The molecule has 6 nitrogen and oxygen atoms in total. The molecule has 4 rings (SSSR count). The molecule has 3 aromatic carbocycles. The summed E-state index contributed by atoms with van der Waals surface area (Å²) in [5.74, 6) is -0.415. The SMILES string of the molecule is CCCC(N)(CCC)c1ccc(N=C(c2ccccc2)c2c(O)[nH]c3cc(C(=O)OCC)ccc23)cc1. The Balaban J connectivity index is 1.81. The van der Waals surface area contributed by atoms with Crippen molar-refractivity contribution in [2.75, 3.05) is 6.61 Å². The van der Waals surface area contributed by atoms with Crippen LogP contribution in [0.4, 0.5) is 5.69 Å². The molecule has 0 unspecified atom stereocenters. The van der Waals surface area contributed by atoms with Gasteiger partial charge in [0.1, 0.15) is 0 Å². The number of hydrogen-bond acceptors (Lipinski definition) is 5. The van der Waals surface area contributed by atoms with Gasteiger partial charge in [-0.25, -0.2) is 9.79 Å². The first kappa shape index (κ1) is 26.2. The number of rotatable bonds is 10. The Bertz CT molecular complexity index is 1380. The predicted octanol–water partition coefficient (Wildman–Crippen LogP) is 6.97. The monoisotopic (exact) mass is 497 g/mol. The minimum atomic E-state index is -0.404. The zero-order valence-electron chi connectivity index (χ0n) is 21.8. The van der Waals surface area contributed by atoms with Gasteiger partial charge in [0, 0.05) is 22.0 Å². The van der Waals surface area contributed by atoms with E-state index in [2.05, 4.69) is 31.0 Å². The summed E-state index contributed by atoms with van der Waals surface area (Å²) in [5.41, 5.74) is 11.4. The van der Waals surface area contributed by atoms with E-state index >= 15 is 0 Å². The number of nitrogens with two attached hydrogens (primary N) is 1. The molecule has 0 amide bonds. The number of fused-ring (bicyclic) bond motifs is 1. The van der Waals surface area contributed by atoms with Crippen molar-refractivity contribution in [1.29, 1.82) is 0 Å². The number of hydrogen-bond donors (Lipinski definition) is 3. The molecule has 0 atom stereocenters. The maximum atomic E-state index is 12.2. The first-order chi connectivity index (χ1) is 17.9. The van der Waals surface area contributed by atoms with Crippen LogP contribution in [0.2, 0.25) is 0 Å². The predicted molar refractivity (Wildman–Crippen MR) is 150 cm³/mol. The van der Waals surface area contributed by atoms with Crippen LogP contribution < -0.4 is 5.73 Å². The number of benzene rings is 3. The smallest absolute Gasteiger partial charge is 0.338 e.